The summed E-state index contributed by atoms with van der Waals surface area (Å²) in [5.74, 6) is 0.00367. The van der Waals surface area contributed by atoms with Gasteiger partial charge in [0.05, 0.1) is 6.61 Å². The van der Waals surface area contributed by atoms with E-state index in [4.69, 9.17) is 4.74 Å². The molecule has 0 radical (unpaired) electrons. The number of carbonyl (C=O) groups excluding carboxylic acids is 3. The normalized spacial score (nSPS) is 23.1. The van der Waals surface area contributed by atoms with Gasteiger partial charge >= 0.3 is 0 Å². The summed E-state index contributed by atoms with van der Waals surface area (Å²) in [4.78, 5) is 42.5. The molecule has 1 spiro atoms. The number of likely N-dealkylation sites (tertiary alicyclic amines) is 1. The molecule has 7 heteroatoms. The number of hydrogen-bond donors (Lipinski definition) is 1. The second-order valence-corrected chi connectivity index (χ2v) is 9.08. The van der Waals surface area contributed by atoms with Gasteiger partial charge in [-0.15, -0.1) is 0 Å². The van der Waals surface area contributed by atoms with E-state index in [1.54, 1.807) is 17.0 Å². The first-order valence-electron chi connectivity index (χ1n) is 10.9. The van der Waals surface area contributed by atoms with Crippen LogP contribution in [0.5, 0.6) is 0 Å². The van der Waals surface area contributed by atoms with E-state index in [9.17, 15) is 14.4 Å². The molecule has 4 rings (SSSR count). The van der Waals surface area contributed by atoms with Gasteiger partial charge in [0, 0.05) is 43.5 Å². The van der Waals surface area contributed by atoms with E-state index in [0.29, 0.717) is 31.5 Å². The summed E-state index contributed by atoms with van der Waals surface area (Å²) < 4.78 is 6.19. The third kappa shape index (κ3) is 3.95. The predicted molar refractivity (Wildman–Crippen MR) is 112 cm³/mol. The van der Waals surface area contributed by atoms with E-state index in [0.717, 1.165) is 18.4 Å². The average Bonchev–Trinajstić information content (AvgIpc) is 3.50. The van der Waals surface area contributed by atoms with Gasteiger partial charge in [-0.2, -0.15) is 0 Å². The third-order valence-corrected chi connectivity index (χ3v) is 6.29. The Balaban J connectivity index is 1.58. The number of nitrogens with zero attached hydrogens (tertiary/aromatic N) is 2. The summed E-state index contributed by atoms with van der Waals surface area (Å²) in [6.45, 7) is 7.04. The van der Waals surface area contributed by atoms with Crippen LogP contribution in [0.1, 0.15) is 55.5 Å². The van der Waals surface area contributed by atoms with E-state index in [1.165, 1.54) is 0 Å². The quantitative estimate of drug-likeness (QED) is 0.820. The molecule has 162 valence electrons. The molecule has 30 heavy (non-hydrogen) atoms. The van der Waals surface area contributed by atoms with Crippen molar-refractivity contribution in [3.8, 4) is 0 Å². The van der Waals surface area contributed by atoms with Gasteiger partial charge in [-0.05, 0) is 45.7 Å². The van der Waals surface area contributed by atoms with Crippen molar-refractivity contribution in [1.82, 2.24) is 15.1 Å². The molecule has 1 saturated carbocycles. The molecule has 1 unspecified atom stereocenters. The highest BCUT2D eigenvalue weighted by atomic mass is 16.5. The Labute approximate surface area is 177 Å². The number of benzene rings is 1. The average molecular weight is 414 g/mol. The van der Waals surface area contributed by atoms with Crippen molar-refractivity contribution >= 4 is 17.7 Å². The molecule has 2 saturated heterocycles. The van der Waals surface area contributed by atoms with Crippen LogP contribution in [0, 0.1) is 12.8 Å². The fraction of sp³-hybridized carbons (Fsp3) is 0.609. The highest BCUT2D eigenvalue weighted by molar-refractivity contribution is 5.98. The Kier molecular flexibility index (Phi) is 5.57. The van der Waals surface area contributed by atoms with Crippen LogP contribution in [0.2, 0.25) is 0 Å². The first-order chi connectivity index (χ1) is 14.3. The van der Waals surface area contributed by atoms with Gasteiger partial charge in [-0.3, -0.25) is 19.3 Å². The van der Waals surface area contributed by atoms with Gasteiger partial charge in [-0.25, -0.2) is 0 Å². The lowest BCUT2D eigenvalue weighted by Gasteiger charge is -2.44. The second-order valence-electron chi connectivity index (χ2n) is 9.08. The van der Waals surface area contributed by atoms with Gasteiger partial charge in [-0.1, -0.05) is 17.7 Å². The van der Waals surface area contributed by atoms with Crippen LogP contribution in [-0.2, 0) is 14.3 Å². The summed E-state index contributed by atoms with van der Waals surface area (Å²) in [6, 6.07) is 6.70. The maximum atomic E-state index is 13.6. The van der Waals surface area contributed by atoms with Crippen LogP contribution in [0.4, 0.5) is 0 Å². The molecule has 2 aliphatic heterocycles. The number of rotatable bonds is 4. The fourth-order valence-electron chi connectivity index (χ4n) is 4.45. The highest BCUT2D eigenvalue weighted by Gasteiger charge is 2.54. The summed E-state index contributed by atoms with van der Waals surface area (Å²) in [5, 5.41) is 2.92. The lowest BCUT2D eigenvalue weighted by Crippen LogP contribution is -2.60. The Morgan fingerprint density at radius 3 is 2.30 bits per heavy atom. The maximum Gasteiger partial charge on any atom is 0.256 e. The standard InChI is InChI=1S/C23H31N3O4/c1-15(2)24-20(27)19-14-30-23(10-12-25(13-11-23)21(28)17-8-9-17)26(19)22(29)18-6-4-16(3)5-7-18/h4-7,15,17,19H,8-14H2,1-3H3,(H,24,27). The molecule has 1 aromatic rings. The zero-order valence-electron chi connectivity index (χ0n) is 18.0. The van der Waals surface area contributed by atoms with Crippen molar-refractivity contribution in [3.63, 3.8) is 0 Å². The van der Waals surface area contributed by atoms with Crippen LogP contribution >= 0.6 is 0 Å². The summed E-state index contributed by atoms with van der Waals surface area (Å²) in [5.41, 5.74) is 0.769. The Hall–Kier alpha value is -2.41. The molecular weight excluding hydrogens is 382 g/mol. The van der Waals surface area contributed by atoms with E-state index < -0.39 is 11.8 Å². The minimum Gasteiger partial charge on any atom is -0.353 e. The Morgan fingerprint density at radius 2 is 1.73 bits per heavy atom. The van der Waals surface area contributed by atoms with Gasteiger partial charge in [0.15, 0.2) is 0 Å². The number of ether oxygens (including phenoxy) is 1. The Bertz CT molecular complexity index is 823. The molecule has 0 aromatic heterocycles. The molecule has 1 aromatic carbocycles. The fourth-order valence-corrected chi connectivity index (χ4v) is 4.45. The van der Waals surface area contributed by atoms with Crippen molar-refractivity contribution in [2.45, 2.75) is 64.3 Å². The molecule has 3 fully saturated rings. The number of piperidine rings is 1. The van der Waals surface area contributed by atoms with Crippen molar-refractivity contribution < 1.29 is 19.1 Å². The summed E-state index contributed by atoms with van der Waals surface area (Å²) in [6.07, 6.45) is 3.00. The molecule has 1 atom stereocenters. The van der Waals surface area contributed by atoms with Crippen molar-refractivity contribution in [2.75, 3.05) is 19.7 Å². The molecule has 1 N–H and O–H groups in total. The van der Waals surface area contributed by atoms with E-state index in [-0.39, 0.29) is 36.3 Å². The summed E-state index contributed by atoms with van der Waals surface area (Å²) >= 11 is 0. The van der Waals surface area contributed by atoms with Crippen LogP contribution < -0.4 is 5.32 Å². The molecule has 7 nitrogen and oxygen atoms in total. The zero-order chi connectivity index (χ0) is 21.5. The van der Waals surface area contributed by atoms with Gasteiger partial charge < -0.3 is 15.0 Å². The monoisotopic (exact) mass is 413 g/mol. The van der Waals surface area contributed by atoms with E-state index in [1.807, 2.05) is 37.8 Å². The van der Waals surface area contributed by atoms with E-state index in [2.05, 4.69) is 5.32 Å². The number of aryl methyl sites for hydroxylation is 1. The minimum atomic E-state index is -0.846. The zero-order valence-corrected chi connectivity index (χ0v) is 18.0. The number of nitrogens with one attached hydrogen (secondary N) is 1. The molecule has 1 aliphatic carbocycles. The predicted octanol–water partition coefficient (Wildman–Crippen LogP) is 2.09. The van der Waals surface area contributed by atoms with Crippen LogP contribution in [-0.4, -0.2) is 65.0 Å². The number of amides is 3. The molecule has 3 amide bonds. The van der Waals surface area contributed by atoms with Crippen LogP contribution in [0.3, 0.4) is 0 Å². The largest absolute Gasteiger partial charge is 0.353 e. The lowest BCUT2D eigenvalue weighted by atomic mass is 9.96. The van der Waals surface area contributed by atoms with Crippen LogP contribution in [0.15, 0.2) is 24.3 Å². The minimum absolute atomic E-state index is 0.0246. The third-order valence-electron chi connectivity index (χ3n) is 6.29. The smallest absolute Gasteiger partial charge is 0.256 e. The van der Waals surface area contributed by atoms with Gasteiger partial charge in [0.25, 0.3) is 5.91 Å². The maximum absolute atomic E-state index is 13.6. The summed E-state index contributed by atoms with van der Waals surface area (Å²) in [7, 11) is 0. The van der Waals surface area contributed by atoms with Crippen molar-refractivity contribution in [3.05, 3.63) is 35.4 Å². The van der Waals surface area contributed by atoms with Crippen molar-refractivity contribution in [2.24, 2.45) is 5.92 Å². The van der Waals surface area contributed by atoms with Gasteiger partial charge in [0.2, 0.25) is 11.8 Å². The van der Waals surface area contributed by atoms with Crippen molar-refractivity contribution in [1.29, 1.82) is 0 Å². The SMILES string of the molecule is Cc1ccc(C(=O)N2C(C(=O)NC(C)C)COC23CCN(C(=O)C2CC2)CC3)cc1. The van der Waals surface area contributed by atoms with Gasteiger partial charge in [0.1, 0.15) is 11.8 Å². The number of hydrogen-bond acceptors (Lipinski definition) is 4. The molecular formula is C23H31N3O4. The van der Waals surface area contributed by atoms with E-state index >= 15 is 0 Å². The lowest BCUT2D eigenvalue weighted by molar-refractivity contribution is -0.144. The first-order valence-corrected chi connectivity index (χ1v) is 10.9. The first kappa shape index (κ1) is 20.8. The second kappa shape index (κ2) is 8.02. The topological polar surface area (TPSA) is 79.0 Å². The Morgan fingerprint density at radius 1 is 1.10 bits per heavy atom. The molecule has 0 bridgehead atoms. The molecule has 2 heterocycles. The highest BCUT2D eigenvalue weighted by Crippen LogP contribution is 2.40. The number of carbonyl (C=O) groups is 3. The van der Waals surface area contributed by atoms with Crippen LogP contribution in [0.25, 0.3) is 0 Å². The molecule has 3 aliphatic rings.